The van der Waals surface area contributed by atoms with Crippen LogP contribution in [0.3, 0.4) is 0 Å². The summed E-state index contributed by atoms with van der Waals surface area (Å²) in [5, 5.41) is 5.64. The second kappa shape index (κ2) is 9.06. The molecular formula is C20H29FN4O2. The predicted molar refractivity (Wildman–Crippen MR) is 103 cm³/mol. The Labute approximate surface area is 160 Å². The molecule has 7 heteroatoms. The highest BCUT2D eigenvalue weighted by atomic mass is 19.1. The minimum Gasteiger partial charge on any atom is -0.371 e. The lowest BCUT2D eigenvalue weighted by molar-refractivity contribution is -0.133. The Bertz CT molecular complexity index is 646. The number of anilines is 1. The molecule has 2 unspecified atom stereocenters. The second-order valence-electron chi connectivity index (χ2n) is 7.54. The zero-order chi connectivity index (χ0) is 19.2. The normalized spacial score (nSPS) is 21.0. The first-order valence-corrected chi connectivity index (χ1v) is 9.86. The summed E-state index contributed by atoms with van der Waals surface area (Å²) in [6.45, 7) is 5.59. The summed E-state index contributed by atoms with van der Waals surface area (Å²) in [5.41, 5.74) is 1.00. The number of benzene rings is 1. The summed E-state index contributed by atoms with van der Waals surface area (Å²) in [5.74, 6) is 0.100. The molecule has 6 nitrogen and oxygen atoms in total. The average Bonchev–Trinajstić information content (AvgIpc) is 3.16. The van der Waals surface area contributed by atoms with Gasteiger partial charge in [-0.2, -0.15) is 0 Å². The number of hydrogen-bond acceptors (Lipinski definition) is 3. The van der Waals surface area contributed by atoms with Crippen LogP contribution in [0.4, 0.5) is 14.9 Å². The highest BCUT2D eigenvalue weighted by molar-refractivity contribution is 5.86. The number of rotatable bonds is 5. The van der Waals surface area contributed by atoms with E-state index in [0.717, 1.165) is 51.1 Å². The molecule has 2 saturated heterocycles. The number of carbonyl (C=O) groups excluding carboxylic acids is 2. The Morgan fingerprint density at radius 1 is 1.15 bits per heavy atom. The third-order valence-electron chi connectivity index (χ3n) is 5.41. The van der Waals surface area contributed by atoms with Gasteiger partial charge in [-0.05, 0) is 62.8 Å². The largest absolute Gasteiger partial charge is 0.371 e. The van der Waals surface area contributed by atoms with Crippen LogP contribution in [0.5, 0.6) is 0 Å². The second-order valence-corrected chi connectivity index (χ2v) is 7.54. The SMILES string of the molecule is CC(NC(=O)NCC1CCN(c2ccc(F)cc2)C1)C(=O)N1CCCCC1. The highest BCUT2D eigenvalue weighted by Crippen LogP contribution is 2.23. The van der Waals surface area contributed by atoms with Crippen molar-refractivity contribution >= 4 is 17.6 Å². The Balaban J connectivity index is 1.39. The molecule has 2 atom stereocenters. The lowest BCUT2D eigenvalue weighted by Crippen LogP contribution is -2.51. The van der Waals surface area contributed by atoms with E-state index in [1.54, 1.807) is 19.1 Å². The number of likely N-dealkylation sites (tertiary alicyclic amines) is 1. The molecule has 0 aliphatic carbocycles. The number of halogens is 1. The summed E-state index contributed by atoms with van der Waals surface area (Å²) in [6, 6.07) is 5.69. The van der Waals surface area contributed by atoms with Crippen molar-refractivity contribution in [2.24, 2.45) is 5.92 Å². The van der Waals surface area contributed by atoms with E-state index in [0.29, 0.717) is 12.5 Å². The van der Waals surface area contributed by atoms with Gasteiger partial charge >= 0.3 is 6.03 Å². The van der Waals surface area contributed by atoms with Gasteiger partial charge in [-0.1, -0.05) is 0 Å². The number of hydrogen-bond donors (Lipinski definition) is 2. The molecule has 2 heterocycles. The van der Waals surface area contributed by atoms with Crippen LogP contribution in [0.15, 0.2) is 24.3 Å². The van der Waals surface area contributed by atoms with E-state index < -0.39 is 6.04 Å². The summed E-state index contributed by atoms with van der Waals surface area (Å²) in [4.78, 5) is 28.5. The van der Waals surface area contributed by atoms with Crippen LogP contribution < -0.4 is 15.5 Å². The average molecular weight is 376 g/mol. The van der Waals surface area contributed by atoms with Crippen molar-refractivity contribution in [3.8, 4) is 0 Å². The van der Waals surface area contributed by atoms with Crippen molar-refractivity contribution in [2.75, 3.05) is 37.6 Å². The van der Waals surface area contributed by atoms with E-state index in [1.807, 2.05) is 4.90 Å². The van der Waals surface area contributed by atoms with Crippen LogP contribution in [-0.2, 0) is 4.79 Å². The Morgan fingerprint density at radius 3 is 2.56 bits per heavy atom. The standard InChI is InChI=1S/C20H29FN4O2/c1-15(19(26)24-10-3-2-4-11-24)23-20(27)22-13-16-9-12-25(14-16)18-7-5-17(21)6-8-18/h5-8,15-16H,2-4,9-14H2,1H3,(H2,22,23,27). The van der Waals surface area contributed by atoms with Gasteiger partial charge < -0.3 is 20.4 Å². The third kappa shape index (κ3) is 5.34. The van der Waals surface area contributed by atoms with Gasteiger partial charge in [-0.25, -0.2) is 9.18 Å². The van der Waals surface area contributed by atoms with Crippen LogP contribution in [0.2, 0.25) is 0 Å². The predicted octanol–water partition coefficient (Wildman–Crippen LogP) is 2.35. The summed E-state index contributed by atoms with van der Waals surface area (Å²) < 4.78 is 13.0. The fourth-order valence-corrected chi connectivity index (χ4v) is 3.82. The van der Waals surface area contributed by atoms with E-state index in [9.17, 15) is 14.0 Å². The summed E-state index contributed by atoms with van der Waals surface area (Å²) in [7, 11) is 0. The first-order chi connectivity index (χ1) is 13.0. The molecule has 0 aromatic heterocycles. The fraction of sp³-hybridized carbons (Fsp3) is 0.600. The molecule has 2 fully saturated rings. The number of nitrogens with zero attached hydrogens (tertiary/aromatic N) is 2. The quantitative estimate of drug-likeness (QED) is 0.829. The summed E-state index contributed by atoms with van der Waals surface area (Å²) >= 11 is 0. The number of piperidine rings is 1. The van der Waals surface area contributed by atoms with Crippen LogP contribution in [0, 0.1) is 11.7 Å². The van der Waals surface area contributed by atoms with E-state index in [2.05, 4.69) is 15.5 Å². The molecule has 3 amide bonds. The number of nitrogens with one attached hydrogen (secondary N) is 2. The first-order valence-electron chi connectivity index (χ1n) is 9.86. The van der Waals surface area contributed by atoms with Gasteiger partial charge in [0.1, 0.15) is 11.9 Å². The van der Waals surface area contributed by atoms with Crippen molar-refractivity contribution in [1.82, 2.24) is 15.5 Å². The van der Waals surface area contributed by atoms with Gasteiger partial charge in [-0.15, -0.1) is 0 Å². The molecule has 2 aliphatic heterocycles. The molecule has 0 bridgehead atoms. The molecule has 0 saturated carbocycles. The third-order valence-corrected chi connectivity index (χ3v) is 5.41. The van der Waals surface area contributed by atoms with Crippen molar-refractivity contribution in [3.63, 3.8) is 0 Å². The van der Waals surface area contributed by atoms with Crippen LogP contribution >= 0.6 is 0 Å². The molecule has 27 heavy (non-hydrogen) atoms. The molecule has 1 aromatic carbocycles. The molecular weight excluding hydrogens is 347 g/mol. The number of carbonyl (C=O) groups is 2. The number of urea groups is 1. The van der Waals surface area contributed by atoms with Crippen LogP contribution in [0.1, 0.15) is 32.6 Å². The van der Waals surface area contributed by atoms with Crippen molar-refractivity contribution in [3.05, 3.63) is 30.1 Å². The molecule has 2 N–H and O–H groups in total. The van der Waals surface area contributed by atoms with Gasteiger partial charge in [-0.3, -0.25) is 4.79 Å². The first kappa shape index (κ1) is 19.5. The molecule has 0 radical (unpaired) electrons. The van der Waals surface area contributed by atoms with Crippen molar-refractivity contribution in [2.45, 2.75) is 38.6 Å². The van der Waals surface area contributed by atoms with E-state index >= 15 is 0 Å². The van der Waals surface area contributed by atoms with Gasteiger partial charge in [0, 0.05) is 38.4 Å². The zero-order valence-electron chi connectivity index (χ0n) is 15.9. The molecule has 0 spiro atoms. The highest BCUT2D eigenvalue weighted by Gasteiger charge is 2.25. The van der Waals surface area contributed by atoms with Gasteiger partial charge in [0.25, 0.3) is 0 Å². The monoisotopic (exact) mass is 376 g/mol. The van der Waals surface area contributed by atoms with Gasteiger partial charge in [0.2, 0.25) is 5.91 Å². The van der Waals surface area contributed by atoms with Crippen LogP contribution in [-0.4, -0.2) is 55.6 Å². The lowest BCUT2D eigenvalue weighted by atomic mass is 10.1. The maximum atomic E-state index is 13.0. The van der Waals surface area contributed by atoms with E-state index in [1.165, 1.54) is 18.6 Å². The Kier molecular flexibility index (Phi) is 6.53. The Morgan fingerprint density at radius 2 is 1.85 bits per heavy atom. The number of amides is 3. The van der Waals surface area contributed by atoms with Crippen molar-refractivity contribution < 1.29 is 14.0 Å². The molecule has 148 valence electrons. The van der Waals surface area contributed by atoms with Crippen molar-refractivity contribution in [1.29, 1.82) is 0 Å². The minimum absolute atomic E-state index is 0.00630. The molecule has 2 aliphatic rings. The minimum atomic E-state index is -0.512. The zero-order valence-corrected chi connectivity index (χ0v) is 15.9. The Hall–Kier alpha value is -2.31. The van der Waals surface area contributed by atoms with E-state index in [-0.39, 0.29) is 17.8 Å². The molecule has 1 aromatic rings. The summed E-state index contributed by atoms with van der Waals surface area (Å²) in [6.07, 6.45) is 4.22. The van der Waals surface area contributed by atoms with E-state index in [4.69, 9.17) is 0 Å². The maximum absolute atomic E-state index is 13.0. The smallest absolute Gasteiger partial charge is 0.315 e. The van der Waals surface area contributed by atoms with Crippen LogP contribution in [0.25, 0.3) is 0 Å². The fourth-order valence-electron chi connectivity index (χ4n) is 3.82. The van der Waals surface area contributed by atoms with Gasteiger partial charge in [0.15, 0.2) is 0 Å². The molecule has 3 rings (SSSR count). The van der Waals surface area contributed by atoms with Gasteiger partial charge in [0.05, 0.1) is 0 Å². The maximum Gasteiger partial charge on any atom is 0.315 e. The topological polar surface area (TPSA) is 64.7 Å². The lowest BCUT2D eigenvalue weighted by Gasteiger charge is -2.29.